The van der Waals surface area contributed by atoms with Gasteiger partial charge in [0.05, 0.1) is 18.0 Å². The van der Waals surface area contributed by atoms with Gasteiger partial charge in [-0.05, 0) is 5.92 Å². The van der Waals surface area contributed by atoms with Crippen LogP contribution in [0.25, 0.3) is 0 Å². The molecule has 0 aromatic rings. The van der Waals surface area contributed by atoms with E-state index < -0.39 is 0 Å². The van der Waals surface area contributed by atoms with Crippen LogP contribution < -0.4 is 5.73 Å². The molecule has 0 aliphatic rings. The van der Waals surface area contributed by atoms with Gasteiger partial charge in [-0.15, -0.1) is 0 Å². The first-order valence-electron chi connectivity index (χ1n) is 5.52. The molecule has 0 unspecified atom stereocenters. The minimum Gasteiger partial charge on any atom is -0.393 e. The SMILES string of the molecule is COCCC(=O)N(CCC(N)=S)CC(C)C. The quantitative estimate of drug-likeness (QED) is 0.654. The fourth-order valence-corrected chi connectivity index (χ4v) is 1.44. The molecule has 2 N–H and O–H groups in total. The van der Waals surface area contributed by atoms with Crippen LogP contribution in [0.2, 0.25) is 0 Å². The van der Waals surface area contributed by atoms with Crippen molar-refractivity contribution < 1.29 is 9.53 Å². The first-order valence-corrected chi connectivity index (χ1v) is 5.93. The minimum atomic E-state index is 0.104. The molecule has 0 atom stereocenters. The molecule has 0 aliphatic carbocycles. The zero-order valence-electron chi connectivity index (χ0n) is 10.4. The van der Waals surface area contributed by atoms with Gasteiger partial charge in [-0.2, -0.15) is 0 Å². The number of amides is 1. The van der Waals surface area contributed by atoms with E-state index in [0.717, 1.165) is 6.54 Å². The Hall–Kier alpha value is -0.680. The van der Waals surface area contributed by atoms with Gasteiger partial charge in [0.1, 0.15) is 0 Å². The van der Waals surface area contributed by atoms with E-state index in [1.54, 1.807) is 7.11 Å². The number of rotatable bonds is 8. The lowest BCUT2D eigenvalue weighted by atomic mass is 10.2. The number of carbonyl (C=O) groups excluding carboxylic acids is 1. The van der Waals surface area contributed by atoms with E-state index in [9.17, 15) is 4.79 Å². The standard InChI is InChI=1S/C11H22N2O2S/c1-9(2)8-13(6-4-10(12)16)11(14)5-7-15-3/h9H,4-8H2,1-3H3,(H2,12,16). The Morgan fingerprint density at radius 2 is 2.06 bits per heavy atom. The Balaban J connectivity index is 4.17. The van der Waals surface area contributed by atoms with Crippen molar-refractivity contribution in [3.05, 3.63) is 0 Å². The van der Waals surface area contributed by atoms with Gasteiger partial charge in [-0.25, -0.2) is 0 Å². The van der Waals surface area contributed by atoms with Crippen molar-refractivity contribution in [3.8, 4) is 0 Å². The van der Waals surface area contributed by atoms with E-state index in [1.807, 2.05) is 4.90 Å². The summed E-state index contributed by atoms with van der Waals surface area (Å²) < 4.78 is 4.90. The van der Waals surface area contributed by atoms with E-state index in [1.165, 1.54) is 0 Å². The average Bonchev–Trinajstić information content (AvgIpc) is 2.19. The number of hydrogen-bond donors (Lipinski definition) is 1. The predicted molar refractivity (Wildman–Crippen MR) is 69.3 cm³/mol. The number of hydrogen-bond acceptors (Lipinski definition) is 3. The summed E-state index contributed by atoms with van der Waals surface area (Å²) in [6.45, 7) is 5.97. The Morgan fingerprint density at radius 3 is 2.50 bits per heavy atom. The molecule has 94 valence electrons. The van der Waals surface area contributed by atoms with Gasteiger partial charge in [-0.1, -0.05) is 26.1 Å². The Kier molecular flexibility index (Phi) is 8.11. The van der Waals surface area contributed by atoms with Crippen LogP contribution in [0.3, 0.4) is 0 Å². The van der Waals surface area contributed by atoms with Gasteiger partial charge in [0.15, 0.2) is 0 Å². The molecule has 0 aromatic heterocycles. The second kappa shape index (κ2) is 8.47. The molecule has 5 heteroatoms. The summed E-state index contributed by atoms with van der Waals surface area (Å²) in [7, 11) is 1.59. The van der Waals surface area contributed by atoms with Crippen LogP contribution in [-0.4, -0.2) is 42.6 Å². The molecule has 0 spiro atoms. The molecule has 0 aromatic carbocycles. The van der Waals surface area contributed by atoms with Crippen molar-refractivity contribution in [2.24, 2.45) is 11.7 Å². The van der Waals surface area contributed by atoms with Gasteiger partial charge in [-0.3, -0.25) is 4.79 Å². The monoisotopic (exact) mass is 246 g/mol. The summed E-state index contributed by atoms with van der Waals surface area (Å²) >= 11 is 4.82. The Labute approximate surface area is 103 Å². The lowest BCUT2D eigenvalue weighted by molar-refractivity contribution is -0.132. The largest absolute Gasteiger partial charge is 0.393 e. The van der Waals surface area contributed by atoms with Gasteiger partial charge in [0.25, 0.3) is 0 Å². The highest BCUT2D eigenvalue weighted by Gasteiger charge is 2.14. The topological polar surface area (TPSA) is 55.6 Å². The maximum absolute atomic E-state index is 11.8. The average molecular weight is 246 g/mol. The summed E-state index contributed by atoms with van der Waals surface area (Å²) in [6.07, 6.45) is 1.00. The number of methoxy groups -OCH3 is 1. The number of carbonyl (C=O) groups is 1. The third-order valence-corrected chi connectivity index (χ3v) is 2.29. The van der Waals surface area contributed by atoms with Crippen LogP contribution >= 0.6 is 12.2 Å². The van der Waals surface area contributed by atoms with E-state index >= 15 is 0 Å². The fourth-order valence-electron chi connectivity index (χ4n) is 1.35. The molecule has 4 nitrogen and oxygen atoms in total. The highest BCUT2D eigenvalue weighted by molar-refractivity contribution is 7.80. The van der Waals surface area contributed by atoms with Crippen LogP contribution in [0.15, 0.2) is 0 Å². The molecule has 1 amide bonds. The van der Waals surface area contributed by atoms with Gasteiger partial charge < -0.3 is 15.4 Å². The zero-order valence-corrected chi connectivity index (χ0v) is 11.2. The number of thiocarbonyl (C=S) groups is 1. The normalized spacial score (nSPS) is 10.5. The van der Waals surface area contributed by atoms with Crippen molar-refractivity contribution in [1.29, 1.82) is 0 Å². The summed E-state index contributed by atoms with van der Waals surface area (Å²) in [4.78, 5) is 14.1. The summed E-state index contributed by atoms with van der Waals surface area (Å²) in [5, 5.41) is 0. The summed E-state index contributed by atoms with van der Waals surface area (Å²) in [6, 6.07) is 0. The van der Waals surface area contributed by atoms with Crippen molar-refractivity contribution in [2.75, 3.05) is 26.8 Å². The number of nitrogens with zero attached hydrogens (tertiary/aromatic N) is 1. The van der Waals surface area contributed by atoms with Crippen molar-refractivity contribution in [3.63, 3.8) is 0 Å². The first-order chi connectivity index (χ1) is 7.47. The molecule has 0 radical (unpaired) electrons. The van der Waals surface area contributed by atoms with Crippen molar-refractivity contribution in [2.45, 2.75) is 26.7 Å². The first kappa shape index (κ1) is 15.3. The van der Waals surface area contributed by atoms with Gasteiger partial charge in [0.2, 0.25) is 5.91 Å². The fraction of sp³-hybridized carbons (Fsp3) is 0.818. The summed E-state index contributed by atoms with van der Waals surface area (Å²) in [5.41, 5.74) is 5.44. The van der Waals surface area contributed by atoms with Crippen molar-refractivity contribution >= 4 is 23.1 Å². The Bertz CT molecular complexity index is 232. The number of ether oxygens (including phenoxy) is 1. The molecule has 0 rings (SSSR count). The second-order valence-electron chi connectivity index (χ2n) is 4.19. The van der Waals surface area contributed by atoms with E-state index in [0.29, 0.717) is 36.9 Å². The molecule has 0 saturated heterocycles. The van der Waals surface area contributed by atoms with Crippen LogP contribution in [0, 0.1) is 5.92 Å². The maximum atomic E-state index is 11.8. The van der Waals surface area contributed by atoms with E-state index in [4.69, 9.17) is 22.7 Å². The molecule has 0 aliphatic heterocycles. The van der Waals surface area contributed by atoms with Gasteiger partial charge in [0, 0.05) is 26.6 Å². The molecule has 0 bridgehead atoms. The molecular formula is C11H22N2O2S. The minimum absolute atomic E-state index is 0.104. The third-order valence-electron chi connectivity index (χ3n) is 2.09. The molecule has 0 saturated carbocycles. The molecular weight excluding hydrogens is 224 g/mol. The van der Waals surface area contributed by atoms with Crippen molar-refractivity contribution in [1.82, 2.24) is 4.90 Å². The Morgan fingerprint density at radius 1 is 1.44 bits per heavy atom. The van der Waals surface area contributed by atoms with E-state index in [-0.39, 0.29) is 5.91 Å². The van der Waals surface area contributed by atoms with Crippen LogP contribution in [0.4, 0.5) is 0 Å². The van der Waals surface area contributed by atoms with Crippen LogP contribution in [0.1, 0.15) is 26.7 Å². The molecule has 16 heavy (non-hydrogen) atoms. The maximum Gasteiger partial charge on any atom is 0.224 e. The predicted octanol–water partition coefficient (Wildman–Crippen LogP) is 1.18. The number of nitrogens with two attached hydrogens (primary N) is 1. The zero-order chi connectivity index (χ0) is 12.6. The van der Waals surface area contributed by atoms with Crippen LogP contribution in [0.5, 0.6) is 0 Å². The van der Waals surface area contributed by atoms with E-state index in [2.05, 4.69) is 13.8 Å². The summed E-state index contributed by atoms with van der Waals surface area (Å²) in [5.74, 6) is 0.546. The molecule has 0 heterocycles. The third kappa shape index (κ3) is 7.59. The molecule has 0 fully saturated rings. The second-order valence-corrected chi connectivity index (χ2v) is 4.72. The van der Waals surface area contributed by atoms with Crippen LogP contribution in [-0.2, 0) is 9.53 Å². The smallest absolute Gasteiger partial charge is 0.224 e. The lowest BCUT2D eigenvalue weighted by Gasteiger charge is -2.24. The lowest BCUT2D eigenvalue weighted by Crippen LogP contribution is -2.36. The highest BCUT2D eigenvalue weighted by Crippen LogP contribution is 2.03. The van der Waals surface area contributed by atoms with Gasteiger partial charge >= 0.3 is 0 Å². The highest BCUT2D eigenvalue weighted by atomic mass is 32.1.